The summed E-state index contributed by atoms with van der Waals surface area (Å²) in [4.78, 5) is 12.6. The first kappa shape index (κ1) is 18.1. The average Bonchev–Trinajstić information content (AvgIpc) is 3.21. The fourth-order valence-electron chi connectivity index (χ4n) is 2.76. The molecule has 2 aromatic heterocycles. The highest BCUT2D eigenvalue weighted by Crippen LogP contribution is 2.40. The summed E-state index contributed by atoms with van der Waals surface area (Å²) in [6.45, 7) is 2.42. The minimum Gasteiger partial charge on any atom is -0.467 e. The van der Waals surface area contributed by atoms with Crippen LogP contribution in [0.4, 0.5) is 5.69 Å². The summed E-state index contributed by atoms with van der Waals surface area (Å²) < 4.78 is 7.54. The molecule has 1 atom stereocenters. The number of nitrogens with one attached hydrogen (secondary N) is 1. The molecule has 140 valence electrons. The van der Waals surface area contributed by atoms with Crippen molar-refractivity contribution in [3.05, 3.63) is 59.3 Å². The number of thioether (sulfide) groups is 1. The third-order valence-corrected chi connectivity index (χ3v) is 5.64. The van der Waals surface area contributed by atoms with Crippen LogP contribution in [0.15, 0.2) is 52.2 Å². The van der Waals surface area contributed by atoms with E-state index in [1.165, 1.54) is 11.8 Å². The van der Waals surface area contributed by atoms with Crippen LogP contribution in [0.25, 0.3) is 0 Å². The first-order chi connectivity index (χ1) is 13.1. The van der Waals surface area contributed by atoms with Crippen LogP contribution in [-0.4, -0.2) is 25.9 Å². The molecule has 0 aliphatic heterocycles. The monoisotopic (exact) mass is 402 g/mol. The standard InChI is InChI=1S/C19H19ClN4O2S/c1-12(18(25)21-15-5-2-4-14(20)10-15)27-19-23-22-17(13-7-8-13)24(19)11-16-6-3-9-26-16/h2-6,9-10,12-13H,7-8,11H2,1H3,(H,21,25). The number of rotatable bonds is 7. The van der Waals surface area contributed by atoms with Crippen LogP contribution in [0.3, 0.4) is 0 Å². The Labute approximate surface area is 166 Å². The Bertz CT molecular complexity index is 937. The molecule has 1 aliphatic rings. The van der Waals surface area contributed by atoms with Gasteiger partial charge in [0.25, 0.3) is 0 Å². The lowest BCUT2D eigenvalue weighted by Crippen LogP contribution is -2.23. The predicted octanol–water partition coefficient (Wildman–Crippen LogP) is 4.57. The number of halogens is 1. The third kappa shape index (κ3) is 4.36. The van der Waals surface area contributed by atoms with E-state index >= 15 is 0 Å². The Hall–Kier alpha value is -2.25. The second-order valence-electron chi connectivity index (χ2n) is 6.54. The summed E-state index contributed by atoms with van der Waals surface area (Å²) in [5, 5.41) is 12.6. The fraction of sp³-hybridized carbons (Fsp3) is 0.316. The molecule has 1 N–H and O–H groups in total. The van der Waals surface area contributed by atoms with Crippen LogP contribution in [0.1, 0.15) is 37.3 Å². The van der Waals surface area contributed by atoms with Crippen molar-refractivity contribution in [2.75, 3.05) is 5.32 Å². The summed E-state index contributed by atoms with van der Waals surface area (Å²) in [7, 11) is 0. The molecule has 1 fully saturated rings. The van der Waals surface area contributed by atoms with Crippen LogP contribution in [0.2, 0.25) is 5.02 Å². The zero-order valence-electron chi connectivity index (χ0n) is 14.8. The van der Waals surface area contributed by atoms with Gasteiger partial charge in [0, 0.05) is 16.6 Å². The number of carbonyl (C=O) groups is 1. The molecule has 1 aromatic carbocycles. The molecule has 1 unspecified atom stereocenters. The minimum absolute atomic E-state index is 0.109. The van der Waals surface area contributed by atoms with Crippen LogP contribution >= 0.6 is 23.4 Å². The number of amides is 1. The van der Waals surface area contributed by atoms with Gasteiger partial charge in [-0.2, -0.15) is 0 Å². The minimum atomic E-state index is -0.337. The van der Waals surface area contributed by atoms with Crippen molar-refractivity contribution in [2.24, 2.45) is 0 Å². The summed E-state index contributed by atoms with van der Waals surface area (Å²) in [5.74, 6) is 2.16. The maximum atomic E-state index is 12.6. The van der Waals surface area contributed by atoms with Gasteiger partial charge in [0.1, 0.15) is 11.6 Å². The lowest BCUT2D eigenvalue weighted by Gasteiger charge is -2.13. The summed E-state index contributed by atoms with van der Waals surface area (Å²) in [6.07, 6.45) is 3.92. The zero-order valence-corrected chi connectivity index (χ0v) is 16.3. The van der Waals surface area contributed by atoms with Gasteiger partial charge in [-0.1, -0.05) is 29.4 Å². The molecule has 8 heteroatoms. The van der Waals surface area contributed by atoms with Crippen molar-refractivity contribution in [3.8, 4) is 0 Å². The molecule has 0 radical (unpaired) electrons. The Morgan fingerprint density at radius 2 is 2.22 bits per heavy atom. The molecular weight excluding hydrogens is 384 g/mol. The van der Waals surface area contributed by atoms with E-state index < -0.39 is 0 Å². The van der Waals surface area contributed by atoms with Gasteiger partial charge in [-0.25, -0.2) is 0 Å². The number of anilines is 1. The van der Waals surface area contributed by atoms with Crippen LogP contribution < -0.4 is 5.32 Å². The number of carbonyl (C=O) groups excluding carboxylic acids is 1. The van der Waals surface area contributed by atoms with E-state index in [1.807, 2.05) is 25.1 Å². The molecule has 1 saturated carbocycles. The van der Waals surface area contributed by atoms with Crippen LogP contribution in [0, 0.1) is 0 Å². The molecule has 0 saturated heterocycles. The molecule has 27 heavy (non-hydrogen) atoms. The SMILES string of the molecule is CC(Sc1nnc(C2CC2)n1Cc1ccco1)C(=O)Nc1cccc(Cl)c1. The lowest BCUT2D eigenvalue weighted by atomic mass is 10.3. The number of hydrogen-bond donors (Lipinski definition) is 1. The Morgan fingerprint density at radius 1 is 1.37 bits per heavy atom. The molecule has 1 aliphatic carbocycles. The van der Waals surface area contributed by atoms with Crippen LogP contribution in [0.5, 0.6) is 0 Å². The Kier molecular flexibility index (Phi) is 5.22. The number of aromatic nitrogens is 3. The number of furan rings is 1. The van der Waals surface area contributed by atoms with E-state index in [9.17, 15) is 4.79 Å². The Balaban J connectivity index is 1.48. The lowest BCUT2D eigenvalue weighted by molar-refractivity contribution is -0.115. The quantitative estimate of drug-likeness (QED) is 0.586. The van der Waals surface area contributed by atoms with Crippen molar-refractivity contribution in [3.63, 3.8) is 0 Å². The van der Waals surface area contributed by atoms with E-state index in [1.54, 1.807) is 24.5 Å². The first-order valence-corrected chi connectivity index (χ1v) is 10.0. The number of benzene rings is 1. The van der Waals surface area contributed by atoms with Crippen molar-refractivity contribution in [2.45, 2.75) is 42.6 Å². The predicted molar refractivity (Wildman–Crippen MR) is 105 cm³/mol. The number of nitrogens with zero attached hydrogens (tertiary/aromatic N) is 3. The van der Waals surface area contributed by atoms with E-state index in [2.05, 4.69) is 20.1 Å². The second-order valence-corrected chi connectivity index (χ2v) is 8.28. The molecule has 2 heterocycles. The average molecular weight is 403 g/mol. The maximum absolute atomic E-state index is 12.6. The highest BCUT2D eigenvalue weighted by Gasteiger charge is 2.31. The third-order valence-electron chi connectivity index (χ3n) is 4.33. The summed E-state index contributed by atoms with van der Waals surface area (Å²) >= 11 is 7.37. The smallest absolute Gasteiger partial charge is 0.237 e. The largest absolute Gasteiger partial charge is 0.467 e. The van der Waals surface area contributed by atoms with Gasteiger partial charge in [0.2, 0.25) is 5.91 Å². The van der Waals surface area contributed by atoms with Crippen LogP contribution in [-0.2, 0) is 11.3 Å². The first-order valence-electron chi connectivity index (χ1n) is 8.78. The van der Waals surface area contributed by atoms with Gasteiger partial charge in [-0.3, -0.25) is 9.36 Å². The Morgan fingerprint density at radius 3 is 2.93 bits per heavy atom. The molecule has 0 spiro atoms. The van der Waals surface area contributed by atoms with Crippen molar-refractivity contribution < 1.29 is 9.21 Å². The highest BCUT2D eigenvalue weighted by atomic mass is 35.5. The highest BCUT2D eigenvalue weighted by molar-refractivity contribution is 8.00. The van der Waals surface area contributed by atoms with Crippen molar-refractivity contribution in [1.29, 1.82) is 0 Å². The topological polar surface area (TPSA) is 73.0 Å². The zero-order chi connectivity index (χ0) is 18.8. The molecule has 6 nitrogen and oxygen atoms in total. The van der Waals surface area contributed by atoms with E-state index in [0.29, 0.717) is 23.2 Å². The molecule has 1 amide bonds. The van der Waals surface area contributed by atoms with Gasteiger partial charge >= 0.3 is 0 Å². The van der Waals surface area contributed by atoms with Gasteiger partial charge in [0.15, 0.2) is 5.16 Å². The van der Waals surface area contributed by atoms with E-state index in [0.717, 1.165) is 29.6 Å². The normalized spacial score (nSPS) is 14.9. The van der Waals surface area contributed by atoms with Gasteiger partial charge in [0.05, 0.1) is 18.1 Å². The molecular formula is C19H19ClN4O2S. The summed E-state index contributed by atoms with van der Waals surface area (Å²) in [5.41, 5.74) is 0.677. The van der Waals surface area contributed by atoms with E-state index in [-0.39, 0.29) is 11.2 Å². The molecule has 0 bridgehead atoms. The molecule has 4 rings (SSSR count). The van der Waals surface area contributed by atoms with Crippen molar-refractivity contribution in [1.82, 2.24) is 14.8 Å². The van der Waals surface area contributed by atoms with E-state index in [4.69, 9.17) is 16.0 Å². The summed E-state index contributed by atoms with van der Waals surface area (Å²) in [6, 6.07) is 10.9. The van der Waals surface area contributed by atoms with Gasteiger partial charge in [-0.05, 0) is 50.1 Å². The molecule has 3 aromatic rings. The number of hydrogen-bond acceptors (Lipinski definition) is 5. The maximum Gasteiger partial charge on any atom is 0.237 e. The van der Waals surface area contributed by atoms with Gasteiger partial charge < -0.3 is 9.73 Å². The van der Waals surface area contributed by atoms with Gasteiger partial charge in [-0.15, -0.1) is 10.2 Å². The second kappa shape index (κ2) is 7.78. The fourth-order valence-corrected chi connectivity index (χ4v) is 3.81. The van der Waals surface area contributed by atoms with Crippen molar-refractivity contribution >= 4 is 35.0 Å².